The van der Waals surface area contributed by atoms with E-state index in [9.17, 15) is 4.79 Å². The third-order valence-electron chi connectivity index (χ3n) is 3.45. The van der Waals surface area contributed by atoms with Crippen LogP contribution in [-0.4, -0.2) is 29.5 Å². The molecule has 0 saturated carbocycles. The van der Waals surface area contributed by atoms with E-state index in [1.807, 2.05) is 36.0 Å². The largest absolute Gasteiger partial charge is 0.385 e. The fourth-order valence-electron chi connectivity index (χ4n) is 2.29. The van der Waals surface area contributed by atoms with Gasteiger partial charge in [0.25, 0.3) is 5.91 Å². The van der Waals surface area contributed by atoms with E-state index in [1.54, 1.807) is 0 Å². The highest BCUT2D eigenvalue weighted by atomic mass is 32.2. The van der Waals surface area contributed by atoms with Crippen LogP contribution >= 0.6 is 11.8 Å². The monoisotopic (exact) mass is 278 g/mol. The van der Waals surface area contributed by atoms with Gasteiger partial charge in [0.05, 0.1) is 0 Å². The Morgan fingerprint density at radius 1 is 1.37 bits per heavy atom. The molecule has 0 spiro atoms. The smallest absolute Gasteiger partial charge is 0.251 e. The summed E-state index contributed by atoms with van der Waals surface area (Å²) in [5, 5.41) is 6.27. The van der Waals surface area contributed by atoms with Gasteiger partial charge in [0.1, 0.15) is 0 Å². The molecule has 1 atom stereocenters. The van der Waals surface area contributed by atoms with Crippen LogP contribution in [0, 0.1) is 0 Å². The highest BCUT2D eigenvalue weighted by Crippen LogP contribution is 2.36. The van der Waals surface area contributed by atoms with Crippen LogP contribution in [-0.2, 0) is 0 Å². The van der Waals surface area contributed by atoms with Crippen molar-refractivity contribution in [1.82, 2.24) is 5.32 Å². The number of hydrogen-bond acceptors (Lipinski definition) is 3. The molecule has 1 aliphatic heterocycles. The topological polar surface area (TPSA) is 41.1 Å². The number of carbonyl (C=O) groups excluding carboxylic acids is 1. The lowest BCUT2D eigenvalue weighted by atomic mass is 10.1. The number of thioether (sulfide) groups is 1. The number of hydrogen-bond donors (Lipinski definition) is 2. The zero-order valence-electron chi connectivity index (χ0n) is 11.7. The summed E-state index contributed by atoms with van der Waals surface area (Å²) in [5.41, 5.74) is 1.78. The van der Waals surface area contributed by atoms with E-state index < -0.39 is 0 Å². The number of amides is 1. The third-order valence-corrected chi connectivity index (χ3v) is 4.99. The number of carbonyl (C=O) groups is 1. The normalized spacial score (nSPS) is 22.2. The molecule has 0 bridgehead atoms. The standard InChI is InChI=1S/C15H22N2OS/c1-3-16-13-7-5-12(6-8-13)14(18)17-11-15(2)9-4-10-19-15/h5-8,16H,3-4,9-11H2,1-2H3,(H,17,18). The lowest BCUT2D eigenvalue weighted by molar-refractivity contribution is 0.0950. The molecule has 1 amide bonds. The van der Waals surface area contributed by atoms with Crippen LogP contribution in [0.4, 0.5) is 5.69 Å². The van der Waals surface area contributed by atoms with Gasteiger partial charge in [-0.2, -0.15) is 11.8 Å². The van der Waals surface area contributed by atoms with Gasteiger partial charge in [-0.15, -0.1) is 0 Å². The zero-order chi connectivity index (χ0) is 13.7. The third kappa shape index (κ3) is 3.90. The van der Waals surface area contributed by atoms with Crippen molar-refractivity contribution in [3.63, 3.8) is 0 Å². The lowest BCUT2D eigenvalue weighted by Crippen LogP contribution is -2.36. The van der Waals surface area contributed by atoms with E-state index in [2.05, 4.69) is 24.5 Å². The average molecular weight is 278 g/mol. The minimum absolute atomic E-state index is 0.0248. The van der Waals surface area contributed by atoms with Crippen molar-refractivity contribution in [2.45, 2.75) is 31.4 Å². The second kappa shape index (κ2) is 6.33. The van der Waals surface area contributed by atoms with Crippen LogP contribution in [0.3, 0.4) is 0 Å². The van der Waals surface area contributed by atoms with Gasteiger partial charge in [-0.25, -0.2) is 0 Å². The van der Waals surface area contributed by atoms with Gasteiger partial charge in [-0.1, -0.05) is 0 Å². The Morgan fingerprint density at radius 2 is 2.11 bits per heavy atom. The molecule has 3 nitrogen and oxygen atoms in total. The first kappa shape index (κ1) is 14.3. The maximum atomic E-state index is 12.1. The fourth-order valence-corrected chi connectivity index (χ4v) is 3.53. The molecule has 2 rings (SSSR count). The Bertz CT molecular complexity index is 424. The summed E-state index contributed by atoms with van der Waals surface area (Å²) in [7, 11) is 0. The second-order valence-corrected chi connectivity index (χ2v) is 6.87. The van der Waals surface area contributed by atoms with E-state index in [0.29, 0.717) is 0 Å². The summed E-state index contributed by atoms with van der Waals surface area (Å²) >= 11 is 1.97. The number of benzene rings is 1. The number of rotatable bonds is 5. The molecule has 0 radical (unpaired) electrons. The lowest BCUT2D eigenvalue weighted by Gasteiger charge is -2.22. The zero-order valence-corrected chi connectivity index (χ0v) is 12.5. The van der Waals surface area contributed by atoms with Crippen molar-refractivity contribution in [1.29, 1.82) is 0 Å². The van der Waals surface area contributed by atoms with Gasteiger partial charge in [0.2, 0.25) is 0 Å². The van der Waals surface area contributed by atoms with Crippen LogP contribution in [0.1, 0.15) is 37.0 Å². The van der Waals surface area contributed by atoms with Crippen molar-refractivity contribution in [3.8, 4) is 0 Å². The molecule has 1 unspecified atom stereocenters. The first-order valence-corrected chi connectivity index (χ1v) is 7.88. The minimum Gasteiger partial charge on any atom is -0.385 e. The van der Waals surface area contributed by atoms with E-state index in [0.717, 1.165) is 24.3 Å². The summed E-state index contributed by atoms with van der Waals surface area (Å²) < 4.78 is 0.222. The van der Waals surface area contributed by atoms with Crippen LogP contribution in [0.25, 0.3) is 0 Å². The van der Waals surface area contributed by atoms with Gasteiger partial charge in [0, 0.05) is 29.1 Å². The highest BCUT2D eigenvalue weighted by Gasteiger charge is 2.29. The van der Waals surface area contributed by atoms with Gasteiger partial charge in [0.15, 0.2) is 0 Å². The molecule has 1 saturated heterocycles. The summed E-state index contributed by atoms with van der Waals surface area (Å²) in [6.07, 6.45) is 2.45. The number of nitrogens with one attached hydrogen (secondary N) is 2. The molecule has 1 aliphatic rings. The molecule has 104 valence electrons. The molecule has 0 aliphatic carbocycles. The predicted octanol–water partition coefficient (Wildman–Crippen LogP) is 3.13. The maximum Gasteiger partial charge on any atom is 0.251 e. The summed E-state index contributed by atoms with van der Waals surface area (Å²) in [6, 6.07) is 7.64. The van der Waals surface area contributed by atoms with Crippen LogP contribution in [0.15, 0.2) is 24.3 Å². The molecular formula is C15H22N2OS. The van der Waals surface area contributed by atoms with Crippen molar-refractivity contribution >= 4 is 23.4 Å². The molecule has 1 fully saturated rings. The van der Waals surface area contributed by atoms with Crippen molar-refractivity contribution in [2.24, 2.45) is 0 Å². The fraction of sp³-hybridized carbons (Fsp3) is 0.533. The summed E-state index contributed by atoms with van der Waals surface area (Å²) in [5.74, 6) is 1.24. The molecule has 1 aromatic rings. The SMILES string of the molecule is CCNc1ccc(C(=O)NCC2(C)CCCS2)cc1. The van der Waals surface area contributed by atoms with Crippen LogP contribution in [0.2, 0.25) is 0 Å². The average Bonchev–Trinajstić information content (AvgIpc) is 2.85. The Morgan fingerprint density at radius 3 is 2.68 bits per heavy atom. The first-order valence-electron chi connectivity index (χ1n) is 6.89. The minimum atomic E-state index is 0.0248. The van der Waals surface area contributed by atoms with Crippen LogP contribution in [0.5, 0.6) is 0 Å². The Balaban J connectivity index is 1.88. The van der Waals surface area contributed by atoms with Crippen molar-refractivity contribution in [2.75, 3.05) is 24.2 Å². The summed E-state index contributed by atoms with van der Waals surface area (Å²) in [4.78, 5) is 12.1. The quantitative estimate of drug-likeness (QED) is 0.869. The van der Waals surface area contributed by atoms with Crippen molar-refractivity contribution in [3.05, 3.63) is 29.8 Å². The second-order valence-electron chi connectivity index (χ2n) is 5.19. The van der Waals surface area contributed by atoms with Crippen LogP contribution < -0.4 is 10.6 Å². The highest BCUT2D eigenvalue weighted by molar-refractivity contribution is 8.00. The molecule has 1 aromatic carbocycles. The van der Waals surface area contributed by atoms with E-state index in [-0.39, 0.29) is 10.7 Å². The van der Waals surface area contributed by atoms with Gasteiger partial charge < -0.3 is 10.6 Å². The molecule has 4 heteroatoms. The van der Waals surface area contributed by atoms with Crippen molar-refractivity contribution < 1.29 is 4.79 Å². The Hall–Kier alpha value is -1.16. The number of anilines is 1. The van der Waals surface area contributed by atoms with E-state index >= 15 is 0 Å². The van der Waals surface area contributed by atoms with Gasteiger partial charge in [-0.3, -0.25) is 4.79 Å². The molecule has 0 aromatic heterocycles. The molecule has 19 heavy (non-hydrogen) atoms. The van der Waals surface area contributed by atoms with Gasteiger partial charge in [-0.05, 0) is 56.7 Å². The van der Waals surface area contributed by atoms with Gasteiger partial charge >= 0.3 is 0 Å². The molecular weight excluding hydrogens is 256 g/mol. The first-order chi connectivity index (χ1) is 9.13. The Labute approximate surface area is 119 Å². The van der Waals surface area contributed by atoms with E-state index in [1.165, 1.54) is 18.6 Å². The summed E-state index contributed by atoms with van der Waals surface area (Å²) in [6.45, 7) is 5.94. The Kier molecular flexibility index (Phi) is 4.75. The molecule has 1 heterocycles. The van der Waals surface area contributed by atoms with E-state index in [4.69, 9.17) is 0 Å². The predicted molar refractivity (Wildman–Crippen MR) is 83.0 cm³/mol. The maximum absolute atomic E-state index is 12.1. The molecule has 2 N–H and O–H groups in total.